The molecule has 1 atom stereocenters. The van der Waals surface area contributed by atoms with Crippen LogP contribution < -0.4 is 5.32 Å². The molecule has 0 aromatic carbocycles. The number of carboxylic acids is 1. The summed E-state index contributed by atoms with van der Waals surface area (Å²) in [4.78, 5) is 15.2. The van der Waals surface area contributed by atoms with Gasteiger partial charge in [-0.3, -0.25) is 0 Å². The van der Waals surface area contributed by atoms with Crippen LogP contribution in [0.2, 0.25) is 0 Å². The number of carboxylic acid groups (broad SMARTS) is 1. The molecule has 1 aromatic heterocycles. The Morgan fingerprint density at radius 2 is 2.21 bits per heavy atom. The van der Waals surface area contributed by atoms with Gasteiger partial charge in [0.1, 0.15) is 5.82 Å². The summed E-state index contributed by atoms with van der Waals surface area (Å²) in [5.41, 5.74) is 2.82. The van der Waals surface area contributed by atoms with Gasteiger partial charge in [-0.05, 0) is 54.7 Å². The monoisotopic (exact) mass is 328 g/mol. The highest BCUT2D eigenvalue weighted by Crippen LogP contribution is 2.41. The standard InChI is InChI=1S/C20H28N2O2/c1-20(2,3)17-9-7-15(16(14-17)8-10-19(23)24)11-13-22-18-6-4-5-12-21-18/h4-6,8,10,12,17H,7,9,11,13-14H2,1-3H3,(H,21,22)(H,23,24)/b10-8+. The highest BCUT2D eigenvalue weighted by Gasteiger charge is 2.29. The number of anilines is 1. The van der Waals surface area contributed by atoms with Gasteiger partial charge in [0.25, 0.3) is 0 Å². The summed E-state index contributed by atoms with van der Waals surface area (Å²) < 4.78 is 0. The zero-order valence-electron chi connectivity index (χ0n) is 14.9. The van der Waals surface area contributed by atoms with Crippen molar-refractivity contribution < 1.29 is 9.90 Å². The fraction of sp³-hybridized carbons (Fsp3) is 0.500. The van der Waals surface area contributed by atoms with Crippen LogP contribution in [0.15, 0.2) is 47.7 Å². The Labute approximate surface area is 144 Å². The van der Waals surface area contributed by atoms with E-state index in [1.165, 1.54) is 23.6 Å². The largest absolute Gasteiger partial charge is 0.478 e. The van der Waals surface area contributed by atoms with Gasteiger partial charge in [-0.15, -0.1) is 0 Å². The van der Waals surface area contributed by atoms with Crippen LogP contribution in [0, 0.1) is 11.3 Å². The van der Waals surface area contributed by atoms with Gasteiger partial charge >= 0.3 is 5.97 Å². The number of aliphatic carboxylic acids is 1. The molecule has 1 aliphatic carbocycles. The molecule has 0 amide bonds. The van der Waals surface area contributed by atoms with Gasteiger partial charge in [0.2, 0.25) is 0 Å². The molecule has 130 valence electrons. The van der Waals surface area contributed by atoms with E-state index in [4.69, 9.17) is 5.11 Å². The van der Waals surface area contributed by atoms with Crippen LogP contribution in [0.3, 0.4) is 0 Å². The maximum absolute atomic E-state index is 10.9. The number of pyridine rings is 1. The molecule has 0 fully saturated rings. The molecule has 0 bridgehead atoms. The third kappa shape index (κ3) is 5.52. The molecular weight excluding hydrogens is 300 g/mol. The minimum absolute atomic E-state index is 0.250. The summed E-state index contributed by atoms with van der Waals surface area (Å²) >= 11 is 0. The van der Waals surface area contributed by atoms with Crippen LogP contribution in [0.5, 0.6) is 0 Å². The smallest absolute Gasteiger partial charge is 0.328 e. The van der Waals surface area contributed by atoms with E-state index >= 15 is 0 Å². The molecule has 1 unspecified atom stereocenters. The molecule has 0 saturated carbocycles. The van der Waals surface area contributed by atoms with Crippen LogP contribution >= 0.6 is 0 Å². The summed E-state index contributed by atoms with van der Waals surface area (Å²) in [5.74, 6) is 0.592. The van der Waals surface area contributed by atoms with E-state index in [1.54, 1.807) is 12.3 Å². The molecular formula is C20H28N2O2. The summed E-state index contributed by atoms with van der Waals surface area (Å²) in [7, 11) is 0. The van der Waals surface area contributed by atoms with Gasteiger partial charge < -0.3 is 10.4 Å². The fourth-order valence-corrected chi connectivity index (χ4v) is 3.21. The molecule has 1 aromatic rings. The zero-order chi connectivity index (χ0) is 17.6. The minimum atomic E-state index is -0.883. The Hall–Kier alpha value is -2.10. The molecule has 24 heavy (non-hydrogen) atoms. The van der Waals surface area contributed by atoms with E-state index in [0.717, 1.165) is 31.6 Å². The average molecular weight is 328 g/mol. The zero-order valence-corrected chi connectivity index (χ0v) is 14.9. The highest BCUT2D eigenvalue weighted by molar-refractivity contribution is 5.80. The summed E-state index contributed by atoms with van der Waals surface area (Å²) in [6.07, 6.45) is 8.96. The second kappa shape index (κ2) is 8.13. The van der Waals surface area contributed by atoms with Crippen molar-refractivity contribution in [3.63, 3.8) is 0 Å². The maximum atomic E-state index is 10.9. The Morgan fingerprint density at radius 3 is 2.83 bits per heavy atom. The van der Waals surface area contributed by atoms with Gasteiger partial charge in [0.15, 0.2) is 0 Å². The Kier molecular flexibility index (Phi) is 6.18. The Bertz CT molecular complexity index is 612. The number of hydrogen-bond donors (Lipinski definition) is 2. The van der Waals surface area contributed by atoms with E-state index in [1.807, 2.05) is 18.2 Å². The molecule has 1 heterocycles. The maximum Gasteiger partial charge on any atom is 0.328 e. The fourth-order valence-electron chi connectivity index (χ4n) is 3.21. The number of rotatable bonds is 6. The lowest BCUT2D eigenvalue weighted by atomic mass is 9.70. The average Bonchev–Trinajstić information content (AvgIpc) is 2.53. The molecule has 4 nitrogen and oxygen atoms in total. The Balaban J connectivity index is 2.05. The molecule has 0 aliphatic heterocycles. The van der Waals surface area contributed by atoms with Crippen LogP contribution in [0.25, 0.3) is 0 Å². The van der Waals surface area contributed by atoms with Gasteiger partial charge in [-0.2, -0.15) is 0 Å². The van der Waals surface area contributed by atoms with E-state index in [2.05, 4.69) is 31.1 Å². The number of nitrogens with one attached hydrogen (secondary N) is 1. The molecule has 1 aliphatic rings. The topological polar surface area (TPSA) is 62.2 Å². The second-order valence-corrected chi connectivity index (χ2v) is 7.50. The summed E-state index contributed by atoms with van der Waals surface area (Å²) in [6.45, 7) is 7.62. The first-order valence-corrected chi connectivity index (χ1v) is 8.63. The third-order valence-corrected chi connectivity index (χ3v) is 4.76. The first-order valence-electron chi connectivity index (χ1n) is 8.63. The third-order valence-electron chi connectivity index (χ3n) is 4.76. The van der Waals surface area contributed by atoms with Crippen LogP contribution in [-0.2, 0) is 4.79 Å². The molecule has 2 rings (SSSR count). The van der Waals surface area contributed by atoms with Crippen molar-refractivity contribution in [1.29, 1.82) is 0 Å². The molecule has 0 spiro atoms. The lowest BCUT2D eigenvalue weighted by molar-refractivity contribution is -0.131. The minimum Gasteiger partial charge on any atom is -0.478 e. The van der Waals surface area contributed by atoms with E-state index < -0.39 is 5.97 Å². The predicted molar refractivity (Wildman–Crippen MR) is 97.9 cm³/mol. The van der Waals surface area contributed by atoms with Crippen LogP contribution in [-0.4, -0.2) is 22.6 Å². The van der Waals surface area contributed by atoms with Crippen molar-refractivity contribution in [2.45, 2.75) is 46.5 Å². The first-order chi connectivity index (χ1) is 11.4. The number of nitrogens with zero attached hydrogens (tertiary/aromatic N) is 1. The number of carbonyl (C=O) groups is 1. The van der Waals surface area contributed by atoms with Crippen molar-refractivity contribution >= 4 is 11.8 Å². The normalized spacial score (nSPS) is 18.9. The SMILES string of the molecule is CC(C)(C)C1CCC(CCNc2ccccn2)=C(/C=C/C(=O)O)C1. The molecule has 4 heteroatoms. The molecule has 2 N–H and O–H groups in total. The molecule has 0 saturated heterocycles. The van der Waals surface area contributed by atoms with Crippen LogP contribution in [0.1, 0.15) is 46.5 Å². The lowest BCUT2D eigenvalue weighted by Crippen LogP contribution is -2.24. The summed E-state index contributed by atoms with van der Waals surface area (Å²) in [6, 6.07) is 5.82. The van der Waals surface area contributed by atoms with Crippen molar-refractivity contribution in [3.8, 4) is 0 Å². The van der Waals surface area contributed by atoms with Crippen molar-refractivity contribution in [3.05, 3.63) is 47.7 Å². The van der Waals surface area contributed by atoms with Crippen molar-refractivity contribution in [1.82, 2.24) is 4.98 Å². The van der Waals surface area contributed by atoms with Crippen molar-refractivity contribution in [2.24, 2.45) is 11.3 Å². The van der Waals surface area contributed by atoms with E-state index in [0.29, 0.717) is 5.92 Å². The quantitative estimate of drug-likeness (QED) is 0.745. The number of hydrogen-bond acceptors (Lipinski definition) is 3. The Morgan fingerprint density at radius 1 is 1.42 bits per heavy atom. The van der Waals surface area contributed by atoms with Gasteiger partial charge in [-0.25, -0.2) is 9.78 Å². The van der Waals surface area contributed by atoms with Gasteiger partial charge in [0.05, 0.1) is 0 Å². The van der Waals surface area contributed by atoms with Crippen LogP contribution in [0.4, 0.5) is 5.82 Å². The second-order valence-electron chi connectivity index (χ2n) is 7.50. The number of allylic oxidation sites excluding steroid dienone is 2. The van der Waals surface area contributed by atoms with E-state index in [9.17, 15) is 4.79 Å². The number of aromatic nitrogens is 1. The van der Waals surface area contributed by atoms with E-state index in [-0.39, 0.29) is 5.41 Å². The first kappa shape index (κ1) is 18.2. The van der Waals surface area contributed by atoms with Crippen molar-refractivity contribution in [2.75, 3.05) is 11.9 Å². The highest BCUT2D eigenvalue weighted by atomic mass is 16.4. The summed E-state index contributed by atoms with van der Waals surface area (Å²) in [5, 5.41) is 12.3. The molecule has 0 radical (unpaired) electrons. The lowest BCUT2D eigenvalue weighted by Gasteiger charge is -2.35. The van der Waals surface area contributed by atoms with Gasteiger partial charge in [0, 0.05) is 18.8 Å². The van der Waals surface area contributed by atoms with Gasteiger partial charge in [-0.1, -0.05) is 38.5 Å². The predicted octanol–water partition coefficient (Wildman–Crippen LogP) is 4.67.